The van der Waals surface area contributed by atoms with Crippen molar-refractivity contribution in [1.82, 2.24) is 0 Å². The van der Waals surface area contributed by atoms with Crippen molar-refractivity contribution < 1.29 is 5.11 Å². The number of aliphatic hydroxyl groups is 1. The van der Waals surface area contributed by atoms with Crippen LogP contribution in [0.2, 0.25) is 6.55 Å². The van der Waals surface area contributed by atoms with Gasteiger partial charge in [-0.05, 0) is 36.1 Å². The molecule has 2 aromatic carbocycles. The van der Waals surface area contributed by atoms with Crippen LogP contribution in [0.15, 0.2) is 60.7 Å². The first-order chi connectivity index (χ1) is 10.5. The summed E-state index contributed by atoms with van der Waals surface area (Å²) in [6.07, 6.45) is 2.19. The van der Waals surface area contributed by atoms with Crippen molar-refractivity contribution in [2.24, 2.45) is 5.92 Å². The van der Waals surface area contributed by atoms with Crippen LogP contribution in [-0.4, -0.2) is 18.8 Å². The number of benzene rings is 2. The molecule has 1 aliphatic rings. The van der Waals surface area contributed by atoms with Crippen molar-refractivity contribution in [2.45, 2.75) is 31.9 Å². The van der Waals surface area contributed by atoms with E-state index in [-0.39, 0.29) is 0 Å². The van der Waals surface area contributed by atoms with E-state index in [4.69, 9.17) is 0 Å². The van der Waals surface area contributed by atoms with Crippen molar-refractivity contribution in [2.75, 3.05) is 0 Å². The monoisotopic (exact) mass is 306 g/mol. The van der Waals surface area contributed by atoms with Crippen LogP contribution in [0.3, 0.4) is 0 Å². The molecule has 0 spiro atoms. The van der Waals surface area contributed by atoms with Gasteiger partial charge in [-0.15, -0.1) is 5.54 Å². The van der Waals surface area contributed by atoms with Gasteiger partial charge in [0.05, 0.1) is 0 Å². The summed E-state index contributed by atoms with van der Waals surface area (Å²) in [6.45, 7) is 4.14. The van der Waals surface area contributed by atoms with E-state index in [9.17, 15) is 5.11 Å². The van der Waals surface area contributed by atoms with Crippen LogP contribution >= 0.6 is 0 Å². The van der Waals surface area contributed by atoms with E-state index in [1.807, 2.05) is 19.1 Å². The van der Waals surface area contributed by atoms with Crippen molar-refractivity contribution in [3.05, 3.63) is 60.7 Å². The molecule has 22 heavy (non-hydrogen) atoms. The Morgan fingerprint density at radius 1 is 0.955 bits per heavy atom. The van der Waals surface area contributed by atoms with Crippen LogP contribution in [0.25, 0.3) is 0 Å². The molecule has 1 saturated carbocycles. The van der Waals surface area contributed by atoms with E-state index in [0.717, 1.165) is 12.8 Å². The van der Waals surface area contributed by atoms with Gasteiger partial charge in [0, 0.05) is 0 Å². The molecule has 1 N–H and O–H groups in total. The summed E-state index contributed by atoms with van der Waals surface area (Å²) < 4.78 is 0. The van der Waals surface area contributed by atoms with Crippen molar-refractivity contribution in [3.63, 3.8) is 0 Å². The topological polar surface area (TPSA) is 20.2 Å². The smallest absolute Gasteiger partial charge is 0.196 e. The fourth-order valence-corrected chi connectivity index (χ4v) is 5.70. The van der Waals surface area contributed by atoms with Gasteiger partial charge >= 0.3 is 0 Å². The first-order valence-electron chi connectivity index (χ1n) is 7.90. The maximum atomic E-state index is 10.6. The Balaban J connectivity index is 2.06. The molecule has 1 nitrogen and oxygen atoms in total. The second-order valence-electron chi connectivity index (χ2n) is 6.53. The molecule has 0 aromatic heterocycles. The molecule has 0 amide bonds. The lowest BCUT2D eigenvalue weighted by molar-refractivity contribution is 0.0981. The molecule has 0 bridgehead atoms. The number of rotatable bonds is 3. The number of hydrogen-bond acceptors (Lipinski definition) is 1. The second kappa shape index (κ2) is 5.76. The van der Waals surface area contributed by atoms with Gasteiger partial charge in [0.15, 0.2) is 8.07 Å². The normalized spacial score (nSPS) is 17.2. The lowest BCUT2D eigenvalue weighted by atomic mass is 10.0. The van der Waals surface area contributed by atoms with Gasteiger partial charge in [-0.1, -0.05) is 73.1 Å². The molecule has 1 atom stereocenters. The van der Waals surface area contributed by atoms with Gasteiger partial charge in [-0.3, -0.25) is 0 Å². The number of hydrogen-bond donors (Lipinski definition) is 1. The van der Waals surface area contributed by atoms with Crippen LogP contribution in [0.1, 0.15) is 19.8 Å². The Morgan fingerprint density at radius 2 is 1.41 bits per heavy atom. The van der Waals surface area contributed by atoms with E-state index in [1.54, 1.807) is 0 Å². The van der Waals surface area contributed by atoms with Crippen LogP contribution in [0.4, 0.5) is 0 Å². The molecule has 0 heterocycles. The summed E-state index contributed by atoms with van der Waals surface area (Å²) in [5, 5.41) is 13.1. The zero-order valence-electron chi connectivity index (χ0n) is 13.2. The predicted octanol–water partition coefficient (Wildman–Crippen LogP) is 2.58. The van der Waals surface area contributed by atoms with Crippen LogP contribution in [0, 0.1) is 17.4 Å². The van der Waals surface area contributed by atoms with Crippen LogP contribution < -0.4 is 10.4 Å². The minimum absolute atomic E-state index is 0.352. The molecule has 1 aliphatic carbocycles. The maximum Gasteiger partial charge on any atom is 0.196 e. The highest BCUT2D eigenvalue weighted by Gasteiger charge is 2.39. The first-order valence-corrected chi connectivity index (χ1v) is 10.4. The van der Waals surface area contributed by atoms with Crippen molar-refractivity contribution in [1.29, 1.82) is 0 Å². The summed E-state index contributed by atoms with van der Waals surface area (Å²) in [5.41, 5.74) is 2.68. The molecule has 1 unspecified atom stereocenters. The largest absolute Gasteiger partial charge is 0.378 e. The Hall–Kier alpha value is -1.82. The summed E-state index contributed by atoms with van der Waals surface area (Å²) in [4.78, 5) is 0. The van der Waals surface area contributed by atoms with Crippen LogP contribution in [0.5, 0.6) is 0 Å². The third-order valence-corrected chi connectivity index (χ3v) is 8.24. The van der Waals surface area contributed by atoms with Gasteiger partial charge in [-0.2, -0.15) is 0 Å². The van der Waals surface area contributed by atoms with Gasteiger partial charge < -0.3 is 5.11 Å². The van der Waals surface area contributed by atoms with Gasteiger partial charge in [0.25, 0.3) is 0 Å². The summed E-state index contributed by atoms with van der Waals surface area (Å²) in [7, 11) is -2.15. The second-order valence-corrected chi connectivity index (χ2v) is 10.2. The third kappa shape index (κ3) is 3.01. The fraction of sp³-hybridized carbons (Fsp3) is 0.300. The predicted molar refractivity (Wildman–Crippen MR) is 94.9 cm³/mol. The molecule has 1 fully saturated rings. The van der Waals surface area contributed by atoms with E-state index in [0.29, 0.717) is 5.92 Å². The van der Waals surface area contributed by atoms with E-state index in [1.165, 1.54) is 10.4 Å². The molecular formula is C20H22OSi. The zero-order valence-corrected chi connectivity index (χ0v) is 14.2. The highest BCUT2D eigenvalue weighted by atomic mass is 28.3. The minimum atomic E-state index is -2.15. The summed E-state index contributed by atoms with van der Waals surface area (Å²) >= 11 is 0. The highest BCUT2D eigenvalue weighted by molar-refractivity contribution is 7.07. The summed E-state index contributed by atoms with van der Waals surface area (Å²) in [5.74, 6) is 3.58. The lowest BCUT2D eigenvalue weighted by Crippen LogP contribution is -2.55. The molecule has 0 radical (unpaired) electrons. The average molecular weight is 306 g/mol. The molecule has 0 saturated heterocycles. The lowest BCUT2D eigenvalue weighted by Gasteiger charge is -2.24. The zero-order chi connectivity index (χ0) is 15.6. The Morgan fingerprint density at radius 3 is 1.82 bits per heavy atom. The average Bonchev–Trinajstić information content (AvgIpc) is 3.40. The maximum absolute atomic E-state index is 10.6. The Bertz CT molecular complexity index is 651. The fourth-order valence-electron chi connectivity index (χ4n) is 2.85. The van der Waals surface area contributed by atoms with E-state index < -0.39 is 13.7 Å². The Labute approximate surface area is 134 Å². The molecule has 3 rings (SSSR count). The van der Waals surface area contributed by atoms with Crippen molar-refractivity contribution >= 4 is 18.4 Å². The molecule has 112 valence electrons. The SMILES string of the molecule is CC(O)(C#C[Si](C)(c1ccccc1)c1ccccc1)C1CC1. The van der Waals surface area contributed by atoms with Gasteiger partial charge in [-0.25, -0.2) is 0 Å². The van der Waals surface area contributed by atoms with Gasteiger partial charge in [0.1, 0.15) is 5.60 Å². The standard InChI is InChI=1S/C20H22OSi/c1-20(21,17-13-14-17)15-16-22(2,18-9-5-3-6-10-18)19-11-7-4-8-12-19/h3-12,17,21H,13-14H2,1-2H3. The van der Waals surface area contributed by atoms with E-state index in [2.05, 4.69) is 66.5 Å². The van der Waals surface area contributed by atoms with Crippen LogP contribution in [-0.2, 0) is 0 Å². The first kappa shape index (κ1) is 15.1. The van der Waals surface area contributed by atoms with Crippen molar-refractivity contribution in [3.8, 4) is 11.5 Å². The Kier molecular flexibility index (Phi) is 3.95. The highest BCUT2D eigenvalue weighted by Crippen LogP contribution is 2.39. The quantitative estimate of drug-likeness (QED) is 0.683. The van der Waals surface area contributed by atoms with E-state index >= 15 is 0 Å². The van der Waals surface area contributed by atoms with Gasteiger partial charge in [0.2, 0.25) is 0 Å². The molecule has 2 aromatic rings. The molecule has 0 aliphatic heterocycles. The summed E-state index contributed by atoms with van der Waals surface area (Å²) in [6, 6.07) is 21.0. The third-order valence-electron chi connectivity index (χ3n) is 4.64. The minimum Gasteiger partial charge on any atom is -0.378 e. The molecule has 2 heteroatoms. The molecular weight excluding hydrogens is 284 g/mol.